The second-order valence-corrected chi connectivity index (χ2v) is 7.99. The maximum atomic E-state index is 13.0. The summed E-state index contributed by atoms with van der Waals surface area (Å²) in [5, 5.41) is 7.12. The molecular weight excluding hydrogens is 432 g/mol. The summed E-state index contributed by atoms with van der Waals surface area (Å²) in [7, 11) is 0. The molecule has 0 spiro atoms. The number of para-hydroxylation sites is 1. The van der Waals surface area contributed by atoms with E-state index in [0.717, 1.165) is 24.2 Å². The van der Waals surface area contributed by atoms with Gasteiger partial charge in [-0.1, -0.05) is 30.3 Å². The van der Waals surface area contributed by atoms with E-state index in [-0.39, 0.29) is 17.9 Å². The van der Waals surface area contributed by atoms with Crippen molar-refractivity contribution < 1.29 is 19.1 Å². The van der Waals surface area contributed by atoms with E-state index in [2.05, 4.69) is 20.7 Å². The number of carbonyl (C=O) groups is 2. The Morgan fingerprint density at radius 2 is 1.82 bits per heavy atom. The molecular formula is C26H34N4O4. The molecule has 3 rings (SSSR count). The molecule has 2 aromatic carbocycles. The highest BCUT2D eigenvalue weighted by molar-refractivity contribution is 5.94. The number of hydrogen-bond acceptors (Lipinski definition) is 6. The highest BCUT2D eigenvalue weighted by Crippen LogP contribution is 2.16. The number of rotatable bonds is 12. The van der Waals surface area contributed by atoms with Gasteiger partial charge in [0, 0.05) is 30.8 Å². The summed E-state index contributed by atoms with van der Waals surface area (Å²) in [6, 6.07) is 16.4. The molecule has 182 valence electrons. The van der Waals surface area contributed by atoms with E-state index in [0.29, 0.717) is 51.4 Å². The second-order valence-electron chi connectivity index (χ2n) is 7.99. The van der Waals surface area contributed by atoms with Crippen LogP contribution in [0.2, 0.25) is 0 Å². The van der Waals surface area contributed by atoms with E-state index in [1.807, 2.05) is 49.4 Å². The largest absolute Gasteiger partial charge is 0.493 e. The predicted octanol–water partition coefficient (Wildman–Crippen LogP) is 2.84. The number of carbonyl (C=O) groups excluding carboxylic acids is 2. The lowest BCUT2D eigenvalue weighted by Crippen LogP contribution is -2.50. The highest BCUT2D eigenvalue weighted by Gasteiger charge is 2.26. The van der Waals surface area contributed by atoms with Crippen LogP contribution in [0.3, 0.4) is 0 Å². The normalized spacial score (nSPS) is 15.1. The molecule has 0 bridgehead atoms. The highest BCUT2D eigenvalue weighted by atomic mass is 16.5. The summed E-state index contributed by atoms with van der Waals surface area (Å²) in [4.78, 5) is 27.3. The summed E-state index contributed by atoms with van der Waals surface area (Å²) < 4.78 is 11.1. The third-order valence-corrected chi connectivity index (χ3v) is 5.61. The monoisotopic (exact) mass is 466 g/mol. The summed E-state index contributed by atoms with van der Waals surface area (Å²) in [6.45, 7) is 5.69. The average Bonchev–Trinajstić information content (AvgIpc) is 2.88. The fourth-order valence-corrected chi connectivity index (χ4v) is 3.84. The van der Waals surface area contributed by atoms with Gasteiger partial charge < -0.3 is 14.8 Å². The standard InChI is InChI=1S/C26H34N4O4/c1-2-34-24-14-7-6-12-22(24)20-28-29-26(32)23(30-16-18-33-19-17-30)13-8-9-15-27-25(31)21-10-4-3-5-11-21/h3-7,10-12,14,20,23H,2,8-9,13,15-19H2,1H3,(H,27,31)(H,29,32). The van der Waals surface area contributed by atoms with Crippen LogP contribution < -0.4 is 15.5 Å². The number of nitrogens with one attached hydrogen (secondary N) is 2. The van der Waals surface area contributed by atoms with Gasteiger partial charge in [0.05, 0.1) is 32.1 Å². The molecule has 2 aromatic rings. The number of morpholine rings is 1. The predicted molar refractivity (Wildman–Crippen MR) is 132 cm³/mol. The van der Waals surface area contributed by atoms with Crippen molar-refractivity contribution in [3.63, 3.8) is 0 Å². The molecule has 1 heterocycles. The lowest BCUT2D eigenvalue weighted by Gasteiger charge is -2.33. The Morgan fingerprint density at radius 3 is 2.59 bits per heavy atom. The van der Waals surface area contributed by atoms with Gasteiger partial charge in [-0.25, -0.2) is 5.43 Å². The van der Waals surface area contributed by atoms with Crippen molar-refractivity contribution in [2.75, 3.05) is 39.5 Å². The molecule has 0 aromatic heterocycles. The topological polar surface area (TPSA) is 92.3 Å². The molecule has 34 heavy (non-hydrogen) atoms. The van der Waals surface area contributed by atoms with Gasteiger partial charge in [-0.2, -0.15) is 5.10 Å². The summed E-state index contributed by atoms with van der Waals surface area (Å²) >= 11 is 0. The third-order valence-electron chi connectivity index (χ3n) is 5.61. The Labute approximate surface area is 201 Å². The van der Waals surface area contributed by atoms with Crippen molar-refractivity contribution in [2.45, 2.75) is 32.2 Å². The first-order valence-corrected chi connectivity index (χ1v) is 11.9. The lowest BCUT2D eigenvalue weighted by molar-refractivity contribution is -0.128. The Bertz CT molecular complexity index is 929. The number of hydrazone groups is 1. The van der Waals surface area contributed by atoms with Gasteiger partial charge in [0.15, 0.2) is 0 Å². The fourth-order valence-electron chi connectivity index (χ4n) is 3.84. The number of amides is 2. The fraction of sp³-hybridized carbons (Fsp3) is 0.423. The zero-order chi connectivity index (χ0) is 24.0. The molecule has 1 fully saturated rings. The van der Waals surface area contributed by atoms with Crippen LogP contribution in [-0.2, 0) is 9.53 Å². The Morgan fingerprint density at radius 1 is 1.09 bits per heavy atom. The summed E-state index contributed by atoms with van der Waals surface area (Å²) in [5.41, 5.74) is 4.16. The maximum Gasteiger partial charge on any atom is 0.257 e. The molecule has 2 N–H and O–H groups in total. The third kappa shape index (κ3) is 7.97. The Balaban J connectivity index is 1.50. The van der Waals surface area contributed by atoms with Crippen LogP contribution in [0.5, 0.6) is 5.75 Å². The van der Waals surface area contributed by atoms with E-state index in [1.165, 1.54) is 0 Å². The first kappa shape index (κ1) is 25.4. The number of unbranched alkanes of at least 4 members (excludes halogenated alkanes) is 1. The smallest absolute Gasteiger partial charge is 0.257 e. The van der Waals surface area contributed by atoms with Crippen molar-refractivity contribution in [2.24, 2.45) is 5.10 Å². The minimum atomic E-state index is -0.298. The van der Waals surface area contributed by atoms with E-state index in [1.54, 1.807) is 18.3 Å². The van der Waals surface area contributed by atoms with Crippen molar-refractivity contribution in [3.8, 4) is 5.75 Å². The SMILES string of the molecule is CCOc1ccccc1C=NNC(=O)C(CCCCNC(=O)c1ccccc1)N1CCOCC1. The van der Waals surface area contributed by atoms with Crippen molar-refractivity contribution in [1.82, 2.24) is 15.6 Å². The van der Waals surface area contributed by atoms with E-state index in [9.17, 15) is 9.59 Å². The number of benzene rings is 2. The molecule has 8 heteroatoms. The van der Waals surface area contributed by atoms with Crippen LogP contribution >= 0.6 is 0 Å². The minimum Gasteiger partial charge on any atom is -0.493 e. The van der Waals surface area contributed by atoms with Gasteiger partial charge in [-0.15, -0.1) is 0 Å². The molecule has 0 radical (unpaired) electrons. The molecule has 1 unspecified atom stereocenters. The Kier molecular flexibility index (Phi) is 10.5. The van der Waals surface area contributed by atoms with Crippen molar-refractivity contribution in [3.05, 3.63) is 65.7 Å². The second kappa shape index (κ2) is 14.1. The molecule has 8 nitrogen and oxygen atoms in total. The van der Waals surface area contributed by atoms with Crippen molar-refractivity contribution in [1.29, 1.82) is 0 Å². The van der Waals surface area contributed by atoms with Crippen LogP contribution in [0, 0.1) is 0 Å². The summed E-state index contributed by atoms with van der Waals surface area (Å²) in [5.74, 6) is 0.510. The molecule has 0 saturated carbocycles. The zero-order valence-electron chi connectivity index (χ0n) is 19.7. The molecule has 1 saturated heterocycles. The van der Waals surface area contributed by atoms with Gasteiger partial charge >= 0.3 is 0 Å². The Hall–Kier alpha value is -3.23. The van der Waals surface area contributed by atoms with Gasteiger partial charge in [0.25, 0.3) is 11.8 Å². The van der Waals surface area contributed by atoms with Gasteiger partial charge in [-0.3, -0.25) is 14.5 Å². The molecule has 1 atom stereocenters. The van der Waals surface area contributed by atoms with Gasteiger partial charge in [0.1, 0.15) is 5.75 Å². The first-order valence-electron chi connectivity index (χ1n) is 11.9. The quantitative estimate of drug-likeness (QED) is 0.285. The van der Waals surface area contributed by atoms with Crippen LogP contribution in [0.15, 0.2) is 59.7 Å². The minimum absolute atomic E-state index is 0.0789. The molecule has 0 aliphatic carbocycles. The molecule has 1 aliphatic heterocycles. The van der Waals surface area contributed by atoms with Crippen LogP contribution in [0.25, 0.3) is 0 Å². The van der Waals surface area contributed by atoms with Gasteiger partial charge in [-0.05, 0) is 50.5 Å². The average molecular weight is 467 g/mol. The summed E-state index contributed by atoms with van der Waals surface area (Å²) in [6.07, 6.45) is 3.88. The van der Waals surface area contributed by atoms with Gasteiger partial charge in [0.2, 0.25) is 0 Å². The molecule has 1 aliphatic rings. The van der Waals surface area contributed by atoms with E-state index >= 15 is 0 Å². The van der Waals surface area contributed by atoms with Crippen molar-refractivity contribution >= 4 is 18.0 Å². The number of hydrogen-bond donors (Lipinski definition) is 2. The van der Waals surface area contributed by atoms with Crippen LogP contribution in [0.4, 0.5) is 0 Å². The maximum absolute atomic E-state index is 13.0. The first-order chi connectivity index (χ1) is 16.7. The zero-order valence-corrected chi connectivity index (χ0v) is 19.7. The van der Waals surface area contributed by atoms with E-state index in [4.69, 9.17) is 9.47 Å². The van der Waals surface area contributed by atoms with E-state index < -0.39 is 0 Å². The van der Waals surface area contributed by atoms with Crippen LogP contribution in [0.1, 0.15) is 42.1 Å². The number of nitrogens with zero attached hydrogens (tertiary/aromatic N) is 2. The van der Waals surface area contributed by atoms with Crippen LogP contribution in [-0.4, -0.2) is 68.4 Å². The number of ether oxygens (including phenoxy) is 2. The molecule has 2 amide bonds. The lowest BCUT2D eigenvalue weighted by atomic mass is 10.1.